The van der Waals surface area contributed by atoms with Crippen LogP contribution in [0.1, 0.15) is 47.9 Å². The minimum absolute atomic E-state index is 0.0604. The van der Waals surface area contributed by atoms with E-state index in [4.69, 9.17) is 66.5 Å². The third-order valence-corrected chi connectivity index (χ3v) is 10.6. The summed E-state index contributed by atoms with van der Waals surface area (Å²) in [5.41, 5.74) is 5.12. The molecule has 1 aliphatic rings. The van der Waals surface area contributed by atoms with E-state index in [0.29, 0.717) is 102 Å². The van der Waals surface area contributed by atoms with E-state index in [9.17, 15) is 24.9 Å². The summed E-state index contributed by atoms with van der Waals surface area (Å²) in [6, 6.07) is 12.1. The molecule has 0 aliphatic carbocycles. The number of nitrogens with zero attached hydrogens (tertiary/aromatic N) is 1. The van der Waals surface area contributed by atoms with Gasteiger partial charge in [0.05, 0.1) is 105 Å². The largest absolute Gasteiger partial charge is 0.390 e. The van der Waals surface area contributed by atoms with Crippen molar-refractivity contribution in [3.63, 3.8) is 0 Å². The van der Waals surface area contributed by atoms with Crippen molar-refractivity contribution in [2.75, 3.05) is 139 Å². The second-order valence-electron chi connectivity index (χ2n) is 15.4. The Morgan fingerprint density at radius 1 is 0.761 bits per heavy atom. The molecular weight excluding hydrogens is 913 g/mol. The number of hydrogen-bond acceptors (Lipinski definition) is 16. The molecule has 2 aromatic rings. The maximum absolute atomic E-state index is 12.2. The van der Waals surface area contributed by atoms with Gasteiger partial charge in [-0.1, -0.05) is 54.4 Å². The minimum atomic E-state index is -1.85. The molecule has 0 fully saturated rings. The summed E-state index contributed by atoms with van der Waals surface area (Å²) in [7, 11) is 2.08. The van der Waals surface area contributed by atoms with Crippen LogP contribution in [0, 0.1) is 5.41 Å². The van der Waals surface area contributed by atoms with Gasteiger partial charge in [0.25, 0.3) is 5.91 Å². The Kier molecular flexibility index (Phi) is 30.7. The molecule has 0 saturated carbocycles. The maximum Gasteiger partial charge on any atom is 0.251 e. The number of allylic oxidation sites excluding steroid dienone is 2. The lowest BCUT2D eigenvalue weighted by molar-refractivity contribution is -0.140. The van der Waals surface area contributed by atoms with Gasteiger partial charge in [0.2, 0.25) is 5.91 Å². The molecule has 1 aliphatic heterocycles. The highest BCUT2D eigenvalue weighted by atomic mass is 35.5. The van der Waals surface area contributed by atoms with Crippen LogP contribution in [-0.2, 0) is 54.0 Å². The number of rotatable bonds is 38. The van der Waals surface area contributed by atoms with Crippen molar-refractivity contribution in [1.82, 2.24) is 20.9 Å². The van der Waals surface area contributed by atoms with E-state index in [-0.39, 0.29) is 38.8 Å². The summed E-state index contributed by atoms with van der Waals surface area (Å²) in [5, 5.41) is 47.5. The highest BCUT2D eigenvalue weighted by Gasteiger charge is 2.29. The van der Waals surface area contributed by atoms with Crippen molar-refractivity contribution in [3.05, 3.63) is 81.0 Å². The number of carbonyl (C=O) groups is 2. The van der Waals surface area contributed by atoms with Crippen LogP contribution in [0.2, 0.25) is 10.0 Å². The zero-order valence-electron chi connectivity index (χ0n) is 38.8. The van der Waals surface area contributed by atoms with E-state index < -0.39 is 36.5 Å². The molecule has 376 valence electrons. The molecular formula is C47H71Cl2N5O13. The van der Waals surface area contributed by atoms with E-state index in [0.717, 1.165) is 47.3 Å². The van der Waals surface area contributed by atoms with Gasteiger partial charge in [-0.2, -0.15) is 0 Å². The summed E-state index contributed by atoms with van der Waals surface area (Å²) in [6.07, 6.45) is -1.27. The number of aliphatic hydroxyl groups is 3. The average Bonchev–Trinajstić information content (AvgIpc) is 3.31. The summed E-state index contributed by atoms with van der Waals surface area (Å²) in [6.45, 7) is 10.5. The first kappa shape index (κ1) is 57.8. The zero-order valence-corrected chi connectivity index (χ0v) is 40.3. The van der Waals surface area contributed by atoms with Crippen molar-refractivity contribution in [2.45, 2.75) is 50.5 Å². The number of fused-ring (bicyclic) bond motifs is 1. The highest BCUT2D eigenvalue weighted by molar-refractivity contribution is 6.35. The molecule has 3 unspecified atom stereocenters. The van der Waals surface area contributed by atoms with Crippen LogP contribution >= 0.6 is 23.2 Å². The summed E-state index contributed by atoms with van der Waals surface area (Å²) in [4.78, 5) is 26.6. The number of hydrogen-bond donors (Lipinski definition) is 7. The fraction of sp³-hybridized carbons (Fsp3) is 0.617. The Bertz CT molecular complexity index is 1790. The number of benzene rings is 2. The number of amides is 2. The molecule has 0 spiro atoms. The van der Waals surface area contributed by atoms with Gasteiger partial charge in [0, 0.05) is 79.6 Å². The number of carbonyl (C=O) groups excluding carboxylic acids is 2. The SMILES string of the molecule is CCCOCCOCCOCCOCCNC(=O)C(O)C[C@@H](O)C(O)C(=O)NCCOCCOCCOCCOCCN/C=C(\C=C=N)c1cccc(C2CN(C)Cc3c(Cl)cc(Cl)cc32)c1. The van der Waals surface area contributed by atoms with Gasteiger partial charge in [-0.3, -0.25) is 15.0 Å². The Hall–Kier alpha value is -3.53. The van der Waals surface area contributed by atoms with E-state index in [1.807, 2.05) is 31.3 Å². The Morgan fingerprint density at radius 2 is 1.28 bits per heavy atom. The van der Waals surface area contributed by atoms with E-state index in [1.165, 1.54) is 0 Å². The molecule has 0 bridgehead atoms. The molecule has 7 N–H and O–H groups in total. The summed E-state index contributed by atoms with van der Waals surface area (Å²) < 4.78 is 43.6. The molecule has 0 saturated heterocycles. The third-order valence-electron chi connectivity index (χ3n) is 10.1. The highest BCUT2D eigenvalue weighted by Crippen LogP contribution is 2.39. The Balaban J connectivity index is 1.14. The molecule has 67 heavy (non-hydrogen) atoms. The topological polar surface area (TPSA) is 232 Å². The smallest absolute Gasteiger partial charge is 0.251 e. The van der Waals surface area contributed by atoms with Gasteiger partial charge in [-0.25, -0.2) is 0 Å². The first-order valence-corrected chi connectivity index (χ1v) is 23.5. The lowest BCUT2D eigenvalue weighted by Crippen LogP contribution is -2.46. The van der Waals surface area contributed by atoms with Gasteiger partial charge in [0.1, 0.15) is 6.10 Å². The predicted octanol–water partition coefficient (Wildman–Crippen LogP) is 2.55. The van der Waals surface area contributed by atoms with Crippen molar-refractivity contribution < 1.29 is 62.8 Å². The monoisotopic (exact) mass is 983 g/mol. The lowest BCUT2D eigenvalue weighted by atomic mass is 9.84. The van der Waals surface area contributed by atoms with Crippen LogP contribution in [0.4, 0.5) is 0 Å². The Morgan fingerprint density at radius 3 is 1.84 bits per heavy atom. The van der Waals surface area contributed by atoms with Gasteiger partial charge >= 0.3 is 0 Å². The number of halogens is 2. The van der Waals surface area contributed by atoms with Gasteiger partial charge in [0.15, 0.2) is 6.10 Å². The predicted molar refractivity (Wildman–Crippen MR) is 255 cm³/mol. The van der Waals surface area contributed by atoms with Crippen molar-refractivity contribution in [3.8, 4) is 0 Å². The van der Waals surface area contributed by atoms with Gasteiger partial charge < -0.3 is 74.1 Å². The van der Waals surface area contributed by atoms with Crippen LogP contribution in [0.3, 0.4) is 0 Å². The van der Waals surface area contributed by atoms with Gasteiger partial charge in [-0.15, -0.1) is 0 Å². The molecule has 0 aromatic heterocycles. The first-order valence-electron chi connectivity index (χ1n) is 22.7. The average molecular weight is 985 g/mol. The quantitative estimate of drug-likeness (QED) is 0.0291. The molecule has 0 radical (unpaired) electrons. The molecule has 1 heterocycles. The van der Waals surface area contributed by atoms with Crippen molar-refractivity contribution in [1.29, 1.82) is 5.41 Å². The van der Waals surface area contributed by atoms with Crippen molar-refractivity contribution in [2.24, 2.45) is 0 Å². The van der Waals surface area contributed by atoms with Crippen LogP contribution in [0.5, 0.6) is 0 Å². The molecule has 2 aromatic carbocycles. The Labute approximate surface area is 404 Å². The molecule has 4 atom stereocenters. The molecule has 20 heteroatoms. The normalized spacial score (nSPS) is 15.3. The van der Waals surface area contributed by atoms with E-state index in [2.05, 4.69) is 45.9 Å². The fourth-order valence-electron chi connectivity index (χ4n) is 6.69. The van der Waals surface area contributed by atoms with Crippen molar-refractivity contribution >= 4 is 46.5 Å². The number of likely N-dealkylation sites (N-methyl/N-ethyl adjacent to an activating group) is 1. The lowest BCUT2D eigenvalue weighted by Gasteiger charge is -2.33. The number of nitrogens with one attached hydrogen (secondary N) is 4. The fourth-order valence-corrected chi connectivity index (χ4v) is 7.26. The van der Waals surface area contributed by atoms with Crippen LogP contribution in [-0.4, -0.2) is 195 Å². The van der Waals surface area contributed by atoms with E-state index in [1.54, 1.807) is 12.1 Å². The second kappa shape index (κ2) is 35.6. The summed E-state index contributed by atoms with van der Waals surface area (Å²) >= 11 is 13.0. The molecule has 3 rings (SSSR count). The van der Waals surface area contributed by atoms with Crippen LogP contribution in [0.25, 0.3) is 5.57 Å². The molecule has 2 amide bonds. The van der Waals surface area contributed by atoms with Gasteiger partial charge in [-0.05, 0) is 53.7 Å². The van der Waals surface area contributed by atoms with Crippen LogP contribution in [0.15, 0.2) is 48.7 Å². The van der Waals surface area contributed by atoms with Crippen LogP contribution < -0.4 is 16.0 Å². The maximum atomic E-state index is 12.2. The third kappa shape index (κ3) is 24.0. The second-order valence-corrected chi connectivity index (χ2v) is 16.3. The minimum Gasteiger partial charge on any atom is -0.390 e. The first-order chi connectivity index (χ1) is 32.5. The molecule has 18 nitrogen and oxygen atoms in total. The zero-order chi connectivity index (χ0) is 48.5. The number of aliphatic hydroxyl groups excluding tert-OH is 3. The van der Waals surface area contributed by atoms with E-state index >= 15 is 0 Å². The standard InChI is InChI=1S/C47H71Cl2N5O13/c1-3-12-60-16-20-64-24-25-66-22-18-62-14-10-52-46(58)44(56)31-43(55)45(57)47(59)53-11-15-63-19-23-67-27-26-65-21-17-61-13-9-51-32-37(7-8-50)35-5-4-6-36(28-35)40-33-54(2)34-41-39(40)29-38(48)30-42(41)49/h4-7,28-30,32,40,43-45,50-51,55-57H,3,9-27,31,33-34H2,1-2H3,(H,52,58)(H,53,59)/b37-32+/t40?,43-,44?,45?/m1/s1. The summed E-state index contributed by atoms with van der Waals surface area (Å²) in [5.74, 6) is 0.854. The number of ether oxygens (including phenoxy) is 8.